The predicted octanol–water partition coefficient (Wildman–Crippen LogP) is -1.73. The normalized spacial score (nSPS) is 20.7. The molecular weight excluding hydrogens is 418 g/mol. The first-order chi connectivity index (χ1) is 13.4. The van der Waals surface area contributed by atoms with Crippen LogP contribution in [0.5, 0.6) is 5.75 Å². The van der Waals surface area contributed by atoms with Crippen molar-refractivity contribution in [3.8, 4) is 5.75 Å². The van der Waals surface area contributed by atoms with Crippen LogP contribution in [-0.2, 0) is 23.6 Å². The molecule has 1 aliphatic heterocycles. The molecule has 0 radical (unpaired) electrons. The Balaban J connectivity index is 0.00000420. The summed E-state index contributed by atoms with van der Waals surface area (Å²) in [4.78, 5) is 6.29. The molecule has 1 heterocycles. The number of phenolic OH excluding ortho intramolecular Hbond substituents is 1. The molecule has 162 valence electrons. The molecule has 2 rings (SSSR count). The second-order valence-electron chi connectivity index (χ2n) is 7.55. The Morgan fingerprint density at radius 1 is 0.966 bits per heavy atom. The molecule has 4 N–H and O–H groups in total. The van der Waals surface area contributed by atoms with Gasteiger partial charge in [-0.15, -0.1) is 6.10 Å². The number of hydrogen-bond donors (Lipinski definition) is 4. The van der Waals surface area contributed by atoms with Gasteiger partial charge in [0, 0.05) is 51.4 Å². The number of para-hydroxylation sites is 1. The third kappa shape index (κ3) is 8.49. The number of phenols is 1. The summed E-state index contributed by atoms with van der Waals surface area (Å²) < 4.78 is 0. The summed E-state index contributed by atoms with van der Waals surface area (Å²) >= 11 is 0. The molecule has 3 atom stereocenters. The molecule has 0 aliphatic carbocycles. The Labute approximate surface area is 183 Å². The van der Waals surface area contributed by atoms with Crippen LogP contribution >= 0.6 is 0 Å². The van der Waals surface area contributed by atoms with Gasteiger partial charge in [-0.25, -0.2) is 0 Å². The van der Waals surface area contributed by atoms with Gasteiger partial charge in [0.1, 0.15) is 5.75 Å². The molecule has 0 bridgehead atoms. The van der Waals surface area contributed by atoms with Crippen molar-refractivity contribution >= 4 is 0 Å². The maximum atomic E-state index is 11.7. The maximum Gasteiger partial charge on any atom is 6.00 e. The van der Waals surface area contributed by atoms with Crippen LogP contribution in [0.2, 0.25) is 0 Å². The van der Waals surface area contributed by atoms with E-state index in [9.17, 15) is 25.5 Å². The van der Waals surface area contributed by atoms with Crippen molar-refractivity contribution in [3.05, 3.63) is 29.8 Å². The molecule has 0 unspecified atom stereocenters. The second kappa shape index (κ2) is 13.5. The van der Waals surface area contributed by atoms with Gasteiger partial charge in [-0.3, -0.25) is 9.80 Å². The van der Waals surface area contributed by atoms with E-state index in [4.69, 9.17) is 0 Å². The van der Waals surface area contributed by atoms with Crippen LogP contribution in [0.1, 0.15) is 12.5 Å². The zero-order valence-corrected chi connectivity index (χ0v) is 18.1. The monoisotopic (exact) mass is 452 g/mol. The van der Waals surface area contributed by atoms with Gasteiger partial charge in [-0.05, 0) is 12.6 Å². The van der Waals surface area contributed by atoms with Crippen molar-refractivity contribution in [2.45, 2.75) is 31.7 Å². The summed E-state index contributed by atoms with van der Waals surface area (Å²) in [5.41, 5.74) is 0.839. The van der Waals surface area contributed by atoms with E-state index in [1.807, 2.05) is 17.0 Å². The summed E-state index contributed by atoms with van der Waals surface area (Å²) in [6.45, 7) is 6.03. The molecule has 29 heavy (non-hydrogen) atoms. The van der Waals surface area contributed by atoms with Crippen molar-refractivity contribution in [2.24, 2.45) is 0 Å². The van der Waals surface area contributed by atoms with Gasteiger partial charge in [-0.1, -0.05) is 25.1 Å². The molecule has 0 spiro atoms. The van der Waals surface area contributed by atoms with Gasteiger partial charge in [0.15, 0.2) is 0 Å². The van der Waals surface area contributed by atoms with Crippen molar-refractivity contribution in [1.82, 2.24) is 14.7 Å². The quantitative estimate of drug-likeness (QED) is 0.345. The van der Waals surface area contributed by atoms with Crippen LogP contribution in [0, 0.1) is 0 Å². The number of aliphatic hydroxyl groups excluding tert-OH is 3. The fourth-order valence-corrected chi connectivity index (χ4v) is 3.68. The number of benzene rings is 1. The zero-order valence-electron chi connectivity index (χ0n) is 17.0. The van der Waals surface area contributed by atoms with E-state index in [-0.39, 0.29) is 29.4 Å². The number of hydrogen-bond acceptors (Lipinski definition) is 8. The summed E-state index contributed by atoms with van der Waals surface area (Å²) in [5.74, 6) is 0.258. The van der Waals surface area contributed by atoms with Crippen molar-refractivity contribution < 1.29 is 42.6 Å². The van der Waals surface area contributed by atoms with Gasteiger partial charge in [0.05, 0.1) is 25.4 Å². The van der Waals surface area contributed by atoms with E-state index in [1.54, 1.807) is 19.1 Å². The zero-order chi connectivity index (χ0) is 20.5. The Morgan fingerprint density at radius 2 is 1.55 bits per heavy atom. The summed E-state index contributed by atoms with van der Waals surface area (Å²) in [6.07, 6.45) is -1.72. The van der Waals surface area contributed by atoms with Crippen LogP contribution < -0.4 is 5.11 Å². The smallest absolute Gasteiger partial charge is 0.851 e. The van der Waals surface area contributed by atoms with Gasteiger partial charge >= 0.3 is 17.1 Å². The second-order valence-corrected chi connectivity index (χ2v) is 7.55. The van der Waals surface area contributed by atoms with E-state index >= 15 is 0 Å². The molecular formula is C20H34FeN3O5+5. The van der Waals surface area contributed by atoms with Gasteiger partial charge < -0.3 is 30.4 Å². The summed E-state index contributed by atoms with van der Waals surface area (Å²) in [5, 5.41) is 50.9. The molecule has 1 aliphatic rings. The average molecular weight is 452 g/mol. The first-order valence-corrected chi connectivity index (χ1v) is 9.95. The molecule has 0 amide bonds. The largest absolute Gasteiger partial charge is 6.00 e. The topological polar surface area (TPSA) is 114 Å². The third-order valence-corrected chi connectivity index (χ3v) is 5.33. The van der Waals surface area contributed by atoms with Crippen molar-refractivity contribution in [3.63, 3.8) is 0 Å². The summed E-state index contributed by atoms with van der Waals surface area (Å²) in [6, 6.07) is 6.69. The van der Waals surface area contributed by atoms with Gasteiger partial charge in [-0.2, -0.15) is 0 Å². The Hall–Kier alpha value is -0.741. The van der Waals surface area contributed by atoms with E-state index < -0.39 is 24.9 Å². The molecule has 1 fully saturated rings. The fourth-order valence-electron chi connectivity index (χ4n) is 3.68. The fraction of sp³-hybridized carbons (Fsp3) is 0.700. The average Bonchev–Trinajstić information content (AvgIpc) is 2.76. The summed E-state index contributed by atoms with van der Waals surface area (Å²) in [7, 11) is 0. The van der Waals surface area contributed by atoms with Crippen LogP contribution in [0.25, 0.3) is 0 Å². The van der Waals surface area contributed by atoms with Crippen molar-refractivity contribution in [2.75, 3.05) is 59.0 Å². The number of aliphatic hydroxyl groups is 3. The minimum Gasteiger partial charge on any atom is -0.851 e. The molecule has 0 saturated carbocycles. The van der Waals surface area contributed by atoms with E-state index in [2.05, 4.69) is 9.80 Å². The molecule has 1 aromatic carbocycles. The van der Waals surface area contributed by atoms with E-state index in [0.717, 1.165) is 18.7 Å². The first-order valence-electron chi connectivity index (χ1n) is 9.95. The first kappa shape index (κ1) is 26.3. The number of aromatic hydroxyl groups is 1. The molecule has 8 nitrogen and oxygen atoms in total. The number of nitrogens with zero attached hydrogens (tertiary/aromatic N) is 3. The van der Waals surface area contributed by atoms with Gasteiger partial charge in [0.2, 0.25) is 0 Å². The Bertz CT molecular complexity index is 581. The van der Waals surface area contributed by atoms with Crippen LogP contribution in [0.15, 0.2) is 24.3 Å². The Kier molecular flexibility index (Phi) is 12.3. The molecule has 1 saturated heterocycles. The molecule has 9 heteroatoms. The minimum atomic E-state index is -1.02. The standard InChI is InChI=1S/C20H34N3O5.Fe/c1-16(26)12-21-6-7-22(13-17-4-2-3-5-19(17)27)9-11-23(10-8-21)18(14-24)20(28)15-25;/h2-5,16,18,20,24-25,27-28H,6-15H2,1H3;/q-1;+6/t16-,18+,20+;/m0./s1. The van der Waals surface area contributed by atoms with Gasteiger partial charge in [0.25, 0.3) is 0 Å². The number of rotatable bonds is 8. The SMILES string of the molecule is C[C@H]([O-])CN1CCN(Cc2ccccc2O)CCN([C@H](CO)[C@H](O)CO)CC1.[Fe+6]. The predicted molar refractivity (Wildman–Crippen MR) is 105 cm³/mol. The van der Waals surface area contributed by atoms with Crippen LogP contribution in [-0.4, -0.2) is 112 Å². The Morgan fingerprint density at radius 3 is 2.14 bits per heavy atom. The molecule has 0 aromatic heterocycles. The third-order valence-electron chi connectivity index (χ3n) is 5.33. The maximum absolute atomic E-state index is 11.7. The van der Waals surface area contributed by atoms with Crippen molar-refractivity contribution in [1.29, 1.82) is 0 Å². The van der Waals surface area contributed by atoms with Crippen LogP contribution in [0.4, 0.5) is 0 Å². The molecule has 1 aromatic rings. The van der Waals surface area contributed by atoms with E-state index in [1.165, 1.54) is 0 Å². The van der Waals surface area contributed by atoms with Crippen LogP contribution in [0.3, 0.4) is 0 Å². The van der Waals surface area contributed by atoms with E-state index in [0.29, 0.717) is 39.3 Å². The minimum absolute atomic E-state index is 0.